The summed E-state index contributed by atoms with van der Waals surface area (Å²) in [6, 6.07) is 11.0. The Kier molecular flexibility index (Phi) is 5.11. The number of hydrogen-bond acceptors (Lipinski definition) is 4. The van der Waals surface area contributed by atoms with E-state index in [2.05, 4.69) is 10.4 Å². The Morgan fingerprint density at radius 3 is 2.73 bits per heavy atom. The van der Waals surface area contributed by atoms with Gasteiger partial charge in [-0.1, -0.05) is 18.2 Å². The third-order valence-corrected chi connectivity index (χ3v) is 4.44. The first-order valence-corrected chi connectivity index (χ1v) is 8.52. The van der Waals surface area contributed by atoms with E-state index in [1.165, 1.54) is 0 Å². The van der Waals surface area contributed by atoms with E-state index in [1.54, 1.807) is 23.0 Å². The van der Waals surface area contributed by atoms with Crippen LogP contribution in [-0.4, -0.2) is 15.7 Å². The Morgan fingerprint density at radius 1 is 1.27 bits per heavy atom. The number of furan rings is 1. The highest BCUT2D eigenvalue weighted by atomic mass is 16.5. The van der Waals surface area contributed by atoms with E-state index in [1.807, 2.05) is 52.1 Å². The Labute approximate surface area is 152 Å². The number of hydrogen-bond donors (Lipinski definition) is 1. The lowest BCUT2D eigenvalue weighted by Crippen LogP contribution is -2.26. The minimum absolute atomic E-state index is 0.159. The van der Waals surface area contributed by atoms with Crippen molar-refractivity contribution in [3.05, 3.63) is 70.9 Å². The van der Waals surface area contributed by atoms with Crippen molar-refractivity contribution >= 4 is 5.91 Å². The average molecular weight is 353 g/mol. The molecule has 3 aromatic rings. The molecule has 1 unspecified atom stereocenters. The van der Waals surface area contributed by atoms with Gasteiger partial charge in [0.25, 0.3) is 5.91 Å². The third kappa shape index (κ3) is 3.79. The summed E-state index contributed by atoms with van der Waals surface area (Å²) in [6.45, 7) is 6.15. The molecule has 3 rings (SSSR count). The first-order chi connectivity index (χ1) is 12.5. The highest BCUT2D eigenvalue weighted by Crippen LogP contribution is 2.20. The normalized spacial score (nSPS) is 12.0. The van der Waals surface area contributed by atoms with Crippen LogP contribution in [0.4, 0.5) is 0 Å². The molecule has 0 saturated carbocycles. The third-order valence-electron chi connectivity index (χ3n) is 4.44. The average Bonchev–Trinajstić information content (AvgIpc) is 3.22. The van der Waals surface area contributed by atoms with Crippen LogP contribution in [0.1, 0.15) is 46.1 Å². The predicted octanol–water partition coefficient (Wildman–Crippen LogP) is 3.70. The summed E-state index contributed by atoms with van der Waals surface area (Å²) < 4.78 is 13.2. The smallest absolute Gasteiger partial charge is 0.287 e. The van der Waals surface area contributed by atoms with Crippen molar-refractivity contribution < 1.29 is 13.9 Å². The van der Waals surface area contributed by atoms with Crippen LogP contribution in [0.5, 0.6) is 5.75 Å². The Hall–Kier alpha value is -3.02. The standard InChI is InChI=1S/C20H23N3O3/c1-13-7-5-6-8-18(13)25-12-16-9-10-19(26-16)20(24)22-14(2)17-11-21-23(4)15(17)3/h5-11,14H,12H2,1-4H3,(H,22,24). The van der Waals surface area contributed by atoms with Gasteiger partial charge in [-0.05, 0) is 44.5 Å². The van der Waals surface area contributed by atoms with Gasteiger partial charge in [0.2, 0.25) is 0 Å². The van der Waals surface area contributed by atoms with Crippen molar-refractivity contribution in [3.63, 3.8) is 0 Å². The molecule has 1 amide bonds. The molecule has 0 bridgehead atoms. The van der Waals surface area contributed by atoms with E-state index in [0.717, 1.165) is 22.6 Å². The van der Waals surface area contributed by atoms with Crippen molar-refractivity contribution in [2.75, 3.05) is 0 Å². The van der Waals surface area contributed by atoms with Crippen LogP contribution in [0.15, 0.2) is 47.0 Å². The summed E-state index contributed by atoms with van der Waals surface area (Å²) in [5.74, 6) is 1.41. The number of amides is 1. The van der Waals surface area contributed by atoms with Gasteiger partial charge in [-0.3, -0.25) is 9.48 Å². The zero-order valence-electron chi connectivity index (χ0n) is 15.4. The van der Waals surface area contributed by atoms with Gasteiger partial charge in [0.05, 0.1) is 12.2 Å². The quantitative estimate of drug-likeness (QED) is 0.734. The number of para-hydroxylation sites is 1. The summed E-state index contributed by atoms with van der Waals surface area (Å²) in [5, 5.41) is 7.14. The van der Waals surface area contributed by atoms with E-state index in [4.69, 9.17) is 9.15 Å². The maximum absolute atomic E-state index is 12.4. The molecule has 0 aliphatic rings. The lowest BCUT2D eigenvalue weighted by atomic mass is 10.1. The van der Waals surface area contributed by atoms with Gasteiger partial charge in [0.1, 0.15) is 18.1 Å². The Bertz CT molecular complexity index is 911. The van der Waals surface area contributed by atoms with Gasteiger partial charge in [0.15, 0.2) is 5.76 Å². The van der Waals surface area contributed by atoms with Gasteiger partial charge in [-0.15, -0.1) is 0 Å². The number of nitrogens with one attached hydrogen (secondary N) is 1. The van der Waals surface area contributed by atoms with Crippen molar-refractivity contribution in [1.82, 2.24) is 15.1 Å². The zero-order valence-corrected chi connectivity index (χ0v) is 15.4. The number of aromatic nitrogens is 2. The second-order valence-electron chi connectivity index (χ2n) is 6.32. The zero-order chi connectivity index (χ0) is 18.7. The number of nitrogens with zero attached hydrogens (tertiary/aromatic N) is 2. The largest absolute Gasteiger partial charge is 0.485 e. The maximum Gasteiger partial charge on any atom is 0.287 e. The van der Waals surface area contributed by atoms with Crippen LogP contribution in [0.2, 0.25) is 0 Å². The molecule has 0 radical (unpaired) electrons. The van der Waals surface area contributed by atoms with Crippen molar-refractivity contribution in [3.8, 4) is 5.75 Å². The minimum atomic E-state index is -0.261. The molecule has 2 aromatic heterocycles. The molecule has 0 aliphatic heterocycles. The molecule has 6 heteroatoms. The first-order valence-electron chi connectivity index (χ1n) is 8.52. The molecule has 26 heavy (non-hydrogen) atoms. The minimum Gasteiger partial charge on any atom is -0.485 e. The fraction of sp³-hybridized carbons (Fsp3) is 0.300. The Morgan fingerprint density at radius 2 is 2.04 bits per heavy atom. The topological polar surface area (TPSA) is 69.3 Å². The summed E-state index contributed by atoms with van der Waals surface area (Å²) in [7, 11) is 1.88. The van der Waals surface area contributed by atoms with Crippen molar-refractivity contribution in [2.24, 2.45) is 7.05 Å². The van der Waals surface area contributed by atoms with Gasteiger partial charge in [-0.25, -0.2) is 0 Å². The SMILES string of the molecule is Cc1ccccc1OCc1ccc(C(=O)NC(C)c2cnn(C)c2C)o1. The fourth-order valence-corrected chi connectivity index (χ4v) is 2.73. The number of rotatable bonds is 6. The van der Waals surface area contributed by atoms with Gasteiger partial charge in [-0.2, -0.15) is 5.10 Å². The number of benzene rings is 1. The maximum atomic E-state index is 12.4. The second kappa shape index (κ2) is 7.47. The summed E-state index contributed by atoms with van der Waals surface area (Å²) in [4.78, 5) is 12.4. The second-order valence-corrected chi connectivity index (χ2v) is 6.32. The van der Waals surface area contributed by atoms with Gasteiger partial charge in [0, 0.05) is 18.3 Å². The summed E-state index contributed by atoms with van der Waals surface area (Å²) in [6.07, 6.45) is 1.77. The van der Waals surface area contributed by atoms with Gasteiger partial charge >= 0.3 is 0 Å². The molecule has 1 N–H and O–H groups in total. The lowest BCUT2D eigenvalue weighted by Gasteiger charge is -2.12. The lowest BCUT2D eigenvalue weighted by molar-refractivity contribution is 0.0907. The predicted molar refractivity (Wildman–Crippen MR) is 98.0 cm³/mol. The molecule has 136 valence electrons. The van der Waals surface area contributed by atoms with Crippen LogP contribution in [0.25, 0.3) is 0 Å². The number of ether oxygens (including phenoxy) is 1. The van der Waals surface area contributed by atoms with E-state index < -0.39 is 0 Å². The van der Waals surface area contributed by atoms with Crippen LogP contribution < -0.4 is 10.1 Å². The van der Waals surface area contributed by atoms with E-state index >= 15 is 0 Å². The molecule has 2 heterocycles. The van der Waals surface area contributed by atoms with Crippen LogP contribution >= 0.6 is 0 Å². The molecular weight excluding hydrogens is 330 g/mol. The number of carbonyl (C=O) groups is 1. The van der Waals surface area contributed by atoms with Crippen LogP contribution in [-0.2, 0) is 13.7 Å². The molecule has 0 fully saturated rings. The fourth-order valence-electron chi connectivity index (χ4n) is 2.73. The highest BCUT2D eigenvalue weighted by molar-refractivity contribution is 5.91. The molecular formula is C20H23N3O3. The molecule has 0 saturated heterocycles. The van der Waals surface area contributed by atoms with Crippen LogP contribution in [0, 0.1) is 13.8 Å². The molecule has 0 aliphatic carbocycles. The van der Waals surface area contributed by atoms with Gasteiger partial charge < -0.3 is 14.5 Å². The number of carbonyl (C=O) groups excluding carboxylic acids is 1. The van der Waals surface area contributed by atoms with Crippen LogP contribution in [0.3, 0.4) is 0 Å². The first kappa shape index (κ1) is 17.8. The molecule has 1 aromatic carbocycles. The number of aryl methyl sites for hydroxylation is 2. The van der Waals surface area contributed by atoms with Crippen molar-refractivity contribution in [2.45, 2.75) is 33.4 Å². The van der Waals surface area contributed by atoms with Crippen molar-refractivity contribution in [1.29, 1.82) is 0 Å². The monoisotopic (exact) mass is 353 g/mol. The van der Waals surface area contributed by atoms with E-state index in [9.17, 15) is 4.79 Å². The molecule has 1 atom stereocenters. The summed E-state index contributed by atoms with van der Waals surface area (Å²) in [5.41, 5.74) is 3.05. The molecule has 6 nitrogen and oxygen atoms in total. The van der Waals surface area contributed by atoms with E-state index in [0.29, 0.717) is 5.76 Å². The highest BCUT2D eigenvalue weighted by Gasteiger charge is 2.18. The summed E-state index contributed by atoms with van der Waals surface area (Å²) >= 11 is 0. The Balaban J connectivity index is 1.61. The molecule has 0 spiro atoms. The van der Waals surface area contributed by atoms with E-state index in [-0.39, 0.29) is 24.3 Å².